The molecule has 1 saturated carbocycles. The summed E-state index contributed by atoms with van der Waals surface area (Å²) < 4.78 is 0. The van der Waals surface area contributed by atoms with Gasteiger partial charge >= 0.3 is 5.97 Å². The smallest absolute Gasteiger partial charge is 0.307 e. The highest BCUT2D eigenvalue weighted by Gasteiger charge is 2.26. The monoisotopic (exact) mass is 255 g/mol. The fraction of sp³-hybridized carbons (Fsp3) is 0.933. The molecule has 0 saturated heterocycles. The standard InChI is InChI=1S/C15H29NO2/c1-10(2)7-13(15(17)18)9-16-14-6-5-11(3)12(4)8-14/h10-14,16H,5-9H2,1-4H3,(H,17,18). The van der Waals surface area contributed by atoms with Crippen molar-refractivity contribution in [3.05, 3.63) is 0 Å². The van der Waals surface area contributed by atoms with E-state index in [-0.39, 0.29) is 5.92 Å². The van der Waals surface area contributed by atoms with Crippen molar-refractivity contribution in [2.45, 2.75) is 59.4 Å². The maximum Gasteiger partial charge on any atom is 0.307 e. The Bertz CT molecular complexity index is 265. The quantitative estimate of drug-likeness (QED) is 0.766. The molecular formula is C15H29NO2. The maximum absolute atomic E-state index is 11.2. The van der Waals surface area contributed by atoms with Gasteiger partial charge in [-0.3, -0.25) is 4.79 Å². The molecule has 0 amide bonds. The summed E-state index contributed by atoms with van der Waals surface area (Å²) in [5, 5.41) is 12.7. The Kier molecular flexibility index (Phi) is 6.13. The van der Waals surface area contributed by atoms with Crippen LogP contribution in [0.3, 0.4) is 0 Å². The van der Waals surface area contributed by atoms with Crippen LogP contribution < -0.4 is 5.32 Å². The fourth-order valence-electron chi connectivity index (χ4n) is 2.88. The zero-order chi connectivity index (χ0) is 13.7. The van der Waals surface area contributed by atoms with E-state index in [1.54, 1.807) is 0 Å². The highest BCUT2D eigenvalue weighted by Crippen LogP contribution is 2.29. The van der Waals surface area contributed by atoms with Gasteiger partial charge in [0.15, 0.2) is 0 Å². The van der Waals surface area contributed by atoms with E-state index >= 15 is 0 Å². The SMILES string of the molecule is CC(C)CC(CNC1CCC(C)C(C)C1)C(=O)O. The van der Waals surface area contributed by atoms with Gasteiger partial charge in [0.1, 0.15) is 0 Å². The van der Waals surface area contributed by atoms with E-state index in [9.17, 15) is 9.90 Å². The molecule has 4 unspecified atom stereocenters. The maximum atomic E-state index is 11.2. The van der Waals surface area contributed by atoms with Crippen LogP contribution in [0.25, 0.3) is 0 Å². The molecule has 3 nitrogen and oxygen atoms in total. The summed E-state index contributed by atoms with van der Waals surface area (Å²) in [7, 11) is 0. The first kappa shape index (κ1) is 15.5. The number of rotatable bonds is 6. The van der Waals surface area contributed by atoms with E-state index in [4.69, 9.17) is 0 Å². The molecule has 1 aliphatic carbocycles. The Hall–Kier alpha value is -0.570. The second kappa shape index (κ2) is 7.13. The van der Waals surface area contributed by atoms with Crippen molar-refractivity contribution in [1.82, 2.24) is 5.32 Å². The molecule has 2 N–H and O–H groups in total. The largest absolute Gasteiger partial charge is 0.481 e. The van der Waals surface area contributed by atoms with Crippen LogP contribution in [0.1, 0.15) is 53.4 Å². The highest BCUT2D eigenvalue weighted by atomic mass is 16.4. The van der Waals surface area contributed by atoms with Crippen molar-refractivity contribution >= 4 is 5.97 Å². The predicted molar refractivity (Wildman–Crippen MR) is 74.6 cm³/mol. The molecule has 0 radical (unpaired) electrons. The molecule has 0 heterocycles. The Morgan fingerprint density at radius 3 is 2.44 bits per heavy atom. The number of hydrogen-bond acceptors (Lipinski definition) is 2. The number of carboxylic acid groups (broad SMARTS) is 1. The Balaban J connectivity index is 2.36. The van der Waals surface area contributed by atoms with Crippen LogP contribution in [0.15, 0.2) is 0 Å². The summed E-state index contributed by atoms with van der Waals surface area (Å²) in [6.45, 7) is 9.42. The van der Waals surface area contributed by atoms with Crippen molar-refractivity contribution in [3.63, 3.8) is 0 Å². The average Bonchev–Trinajstić information content (AvgIpc) is 2.28. The van der Waals surface area contributed by atoms with Gasteiger partial charge in [-0.2, -0.15) is 0 Å². The predicted octanol–water partition coefficient (Wildman–Crippen LogP) is 3.15. The molecule has 18 heavy (non-hydrogen) atoms. The first-order valence-corrected chi connectivity index (χ1v) is 7.36. The highest BCUT2D eigenvalue weighted by molar-refractivity contribution is 5.70. The molecule has 1 aliphatic rings. The first-order chi connectivity index (χ1) is 8.40. The van der Waals surface area contributed by atoms with Gasteiger partial charge in [-0.15, -0.1) is 0 Å². The van der Waals surface area contributed by atoms with Crippen molar-refractivity contribution in [1.29, 1.82) is 0 Å². The summed E-state index contributed by atoms with van der Waals surface area (Å²) in [5.41, 5.74) is 0. The molecule has 1 fully saturated rings. The summed E-state index contributed by atoms with van der Waals surface area (Å²) in [5.74, 6) is 1.12. The molecule has 3 heteroatoms. The van der Waals surface area contributed by atoms with E-state index in [2.05, 4.69) is 33.0 Å². The van der Waals surface area contributed by atoms with E-state index in [1.807, 2.05) is 0 Å². The van der Waals surface area contributed by atoms with Gasteiger partial charge in [0.25, 0.3) is 0 Å². The lowest BCUT2D eigenvalue weighted by atomic mass is 9.79. The lowest BCUT2D eigenvalue weighted by molar-refractivity contribution is -0.142. The third kappa shape index (κ3) is 4.97. The van der Waals surface area contributed by atoms with Crippen LogP contribution >= 0.6 is 0 Å². The van der Waals surface area contributed by atoms with Crippen LogP contribution in [-0.4, -0.2) is 23.7 Å². The minimum absolute atomic E-state index is 0.236. The lowest BCUT2D eigenvalue weighted by Gasteiger charge is -2.33. The van der Waals surface area contributed by atoms with E-state index < -0.39 is 5.97 Å². The lowest BCUT2D eigenvalue weighted by Crippen LogP contribution is -2.40. The zero-order valence-electron chi connectivity index (χ0n) is 12.3. The molecule has 4 atom stereocenters. The van der Waals surface area contributed by atoms with Gasteiger partial charge in [-0.25, -0.2) is 0 Å². The molecule has 0 aromatic rings. The number of aliphatic carboxylic acids is 1. The molecule has 1 rings (SSSR count). The number of carbonyl (C=O) groups is 1. The fourth-order valence-corrected chi connectivity index (χ4v) is 2.88. The van der Waals surface area contributed by atoms with Crippen molar-refractivity contribution in [2.75, 3.05) is 6.54 Å². The summed E-state index contributed by atoms with van der Waals surface area (Å²) in [6.07, 6.45) is 4.41. The van der Waals surface area contributed by atoms with Gasteiger partial charge in [-0.05, 0) is 43.4 Å². The van der Waals surface area contributed by atoms with Gasteiger partial charge in [0, 0.05) is 12.6 Å². The topological polar surface area (TPSA) is 49.3 Å². The molecule has 0 spiro atoms. The molecule has 0 aliphatic heterocycles. The molecular weight excluding hydrogens is 226 g/mol. The first-order valence-electron chi connectivity index (χ1n) is 7.36. The number of hydrogen-bond donors (Lipinski definition) is 2. The Morgan fingerprint density at radius 2 is 1.94 bits per heavy atom. The average molecular weight is 255 g/mol. The summed E-state index contributed by atoms with van der Waals surface area (Å²) in [4.78, 5) is 11.2. The Labute approximate surface area is 111 Å². The van der Waals surface area contributed by atoms with E-state index in [0.717, 1.165) is 18.3 Å². The number of carboxylic acids is 1. The van der Waals surface area contributed by atoms with E-state index in [1.165, 1.54) is 19.3 Å². The molecule has 0 bridgehead atoms. The summed E-state index contributed by atoms with van der Waals surface area (Å²) in [6, 6.07) is 0.519. The Morgan fingerprint density at radius 1 is 1.28 bits per heavy atom. The minimum atomic E-state index is -0.659. The zero-order valence-corrected chi connectivity index (χ0v) is 12.3. The molecule has 0 aromatic heterocycles. The van der Waals surface area contributed by atoms with Crippen LogP contribution in [0.5, 0.6) is 0 Å². The van der Waals surface area contributed by atoms with Crippen LogP contribution in [0.2, 0.25) is 0 Å². The van der Waals surface area contributed by atoms with Crippen LogP contribution in [0.4, 0.5) is 0 Å². The summed E-state index contributed by atoms with van der Waals surface area (Å²) >= 11 is 0. The normalized spacial score (nSPS) is 30.4. The van der Waals surface area contributed by atoms with Crippen molar-refractivity contribution in [2.24, 2.45) is 23.7 Å². The molecule has 0 aromatic carbocycles. The van der Waals surface area contributed by atoms with Crippen molar-refractivity contribution in [3.8, 4) is 0 Å². The molecule has 106 valence electrons. The number of nitrogens with one attached hydrogen (secondary N) is 1. The second-order valence-electron chi connectivity index (χ2n) is 6.54. The van der Waals surface area contributed by atoms with Gasteiger partial charge in [0.05, 0.1) is 5.92 Å². The minimum Gasteiger partial charge on any atom is -0.481 e. The van der Waals surface area contributed by atoms with E-state index in [0.29, 0.717) is 18.5 Å². The van der Waals surface area contributed by atoms with Crippen LogP contribution in [0, 0.1) is 23.7 Å². The third-order valence-electron chi connectivity index (χ3n) is 4.36. The van der Waals surface area contributed by atoms with Gasteiger partial charge in [0.2, 0.25) is 0 Å². The van der Waals surface area contributed by atoms with Gasteiger partial charge < -0.3 is 10.4 Å². The van der Waals surface area contributed by atoms with Crippen LogP contribution in [-0.2, 0) is 4.79 Å². The third-order valence-corrected chi connectivity index (χ3v) is 4.36. The van der Waals surface area contributed by atoms with Crippen molar-refractivity contribution < 1.29 is 9.90 Å². The second-order valence-corrected chi connectivity index (χ2v) is 6.54. The van der Waals surface area contributed by atoms with Gasteiger partial charge in [-0.1, -0.05) is 27.7 Å².